The Morgan fingerprint density at radius 3 is 2.50 bits per heavy atom. The van der Waals surface area contributed by atoms with Gasteiger partial charge in [0.05, 0.1) is 19.6 Å². The van der Waals surface area contributed by atoms with Crippen molar-refractivity contribution >= 4 is 0 Å². The Balaban J connectivity index is 2.08. The van der Waals surface area contributed by atoms with Gasteiger partial charge in [0, 0.05) is 32.2 Å². The van der Waals surface area contributed by atoms with Crippen molar-refractivity contribution < 1.29 is 17.9 Å². The van der Waals surface area contributed by atoms with Gasteiger partial charge in [-0.05, 0) is 6.92 Å². The number of nitrogens with one attached hydrogen (secondary N) is 1. The molecule has 3 nitrogen and oxygen atoms in total. The Labute approximate surface area is 93.9 Å². The Hall–Kier alpha value is -0.330. The predicted molar refractivity (Wildman–Crippen MR) is 55.4 cm³/mol. The average Bonchev–Trinajstić information content (AvgIpc) is 2.17. The summed E-state index contributed by atoms with van der Waals surface area (Å²) in [5.74, 6) is 0. The fourth-order valence-electron chi connectivity index (χ4n) is 1.70. The molecule has 1 heterocycles. The van der Waals surface area contributed by atoms with E-state index in [1.165, 1.54) is 0 Å². The maximum Gasteiger partial charge on any atom is 0.390 e. The maximum atomic E-state index is 11.9. The summed E-state index contributed by atoms with van der Waals surface area (Å²) < 4.78 is 40.9. The molecule has 6 heteroatoms. The lowest BCUT2D eigenvalue weighted by Gasteiger charge is -2.29. The van der Waals surface area contributed by atoms with Crippen molar-refractivity contribution in [1.29, 1.82) is 0 Å². The molecular formula is C10H19F3N2O. The number of rotatable bonds is 5. The summed E-state index contributed by atoms with van der Waals surface area (Å²) in [5, 5.41) is 2.88. The largest absolute Gasteiger partial charge is 0.390 e. The van der Waals surface area contributed by atoms with Gasteiger partial charge in [0.2, 0.25) is 0 Å². The lowest BCUT2D eigenvalue weighted by atomic mass is 10.2. The normalized spacial score (nSPS) is 21.0. The highest BCUT2D eigenvalue weighted by molar-refractivity contribution is 4.70. The molecule has 0 radical (unpaired) electrons. The molecule has 0 aliphatic carbocycles. The molecule has 1 atom stereocenters. The van der Waals surface area contributed by atoms with E-state index in [0.29, 0.717) is 0 Å². The third kappa shape index (κ3) is 6.30. The first-order valence-corrected chi connectivity index (χ1v) is 5.57. The van der Waals surface area contributed by atoms with Gasteiger partial charge in [0.1, 0.15) is 0 Å². The molecule has 0 aromatic rings. The molecule has 96 valence electrons. The quantitative estimate of drug-likeness (QED) is 0.782. The van der Waals surface area contributed by atoms with Crippen molar-refractivity contribution in [2.75, 3.05) is 39.4 Å². The Morgan fingerprint density at radius 1 is 1.31 bits per heavy atom. The van der Waals surface area contributed by atoms with E-state index in [2.05, 4.69) is 10.2 Å². The second-order valence-electron chi connectivity index (χ2n) is 4.13. The van der Waals surface area contributed by atoms with E-state index in [-0.39, 0.29) is 12.6 Å². The van der Waals surface area contributed by atoms with Crippen LogP contribution in [0.4, 0.5) is 13.2 Å². The second kappa shape index (κ2) is 6.42. The van der Waals surface area contributed by atoms with Crippen molar-refractivity contribution in [2.24, 2.45) is 0 Å². The number of hydrogen-bond donors (Lipinski definition) is 1. The number of halogens is 3. The molecule has 16 heavy (non-hydrogen) atoms. The Morgan fingerprint density at radius 2 is 1.94 bits per heavy atom. The molecular weight excluding hydrogens is 221 g/mol. The van der Waals surface area contributed by atoms with Crippen LogP contribution in [-0.2, 0) is 4.74 Å². The summed E-state index contributed by atoms with van der Waals surface area (Å²) >= 11 is 0. The number of hydrogen-bond acceptors (Lipinski definition) is 3. The van der Waals surface area contributed by atoms with Crippen LogP contribution in [0.25, 0.3) is 0 Å². The van der Waals surface area contributed by atoms with Crippen molar-refractivity contribution in [3.05, 3.63) is 0 Å². The van der Waals surface area contributed by atoms with Gasteiger partial charge in [-0.25, -0.2) is 0 Å². The van der Waals surface area contributed by atoms with Crippen LogP contribution in [-0.4, -0.2) is 56.5 Å². The van der Waals surface area contributed by atoms with Crippen LogP contribution in [0.2, 0.25) is 0 Å². The fraction of sp³-hybridized carbons (Fsp3) is 1.00. The lowest BCUT2D eigenvalue weighted by Crippen LogP contribution is -2.45. The summed E-state index contributed by atoms with van der Waals surface area (Å²) in [6.07, 6.45) is -4.83. The standard InChI is InChI=1S/C10H19F3N2O/c1-9(14-3-2-10(11,12)13)8-15-4-6-16-7-5-15/h9,14H,2-8H2,1H3. The molecule has 0 aromatic heterocycles. The van der Waals surface area contributed by atoms with Gasteiger partial charge in [-0.1, -0.05) is 0 Å². The average molecular weight is 240 g/mol. The predicted octanol–water partition coefficient (Wildman–Crippen LogP) is 1.25. The molecule has 1 N–H and O–H groups in total. The van der Waals surface area contributed by atoms with Gasteiger partial charge in [-0.3, -0.25) is 4.90 Å². The number of morpholine rings is 1. The third-order valence-electron chi connectivity index (χ3n) is 2.54. The SMILES string of the molecule is CC(CN1CCOCC1)NCCC(F)(F)F. The van der Waals surface area contributed by atoms with Crippen molar-refractivity contribution in [2.45, 2.75) is 25.6 Å². The molecule has 0 spiro atoms. The highest BCUT2D eigenvalue weighted by atomic mass is 19.4. The molecule has 1 unspecified atom stereocenters. The summed E-state index contributed by atoms with van der Waals surface area (Å²) in [5.41, 5.74) is 0. The minimum Gasteiger partial charge on any atom is -0.379 e. The minimum absolute atomic E-state index is 0.00495. The molecule has 1 rings (SSSR count). The zero-order valence-electron chi connectivity index (χ0n) is 9.52. The number of nitrogens with zero attached hydrogens (tertiary/aromatic N) is 1. The van der Waals surface area contributed by atoms with E-state index >= 15 is 0 Å². The number of alkyl halides is 3. The van der Waals surface area contributed by atoms with Crippen molar-refractivity contribution in [1.82, 2.24) is 10.2 Å². The molecule has 0 bridgehead atoms. The van der Waals surface area contributed by atoms with Crippen LogP contribution in [0.15, 0.2) is 0 Å². The molecule has 1 saturated heterocycles. The van der Waals surface area contributed by atoms with E-state index in [9.17, 15) is 13.2 Å². The molecule has 1 fully saturated rings. The summed E-state index contributed by atoms with van der Waals surface area (Å²) in [4.78, 5) is 2.20. The smallest absolute Gasteiger partial charge is 0.379 e. The van der Waals surface area contributed by atoms with Crippen molar-refractivity contribution in [3.63, 3.8) is 0 Å². The second-order valence-corrected chi connectivity index (χ2v) is 4.13. The minimum atomic E-state index is -4.06. The Kier molecular flexibility index (Phi) is 5.51. The molecule has 1 aliphatic heterocycles. The molecule has 0 amide bonds. The highest BCUT2D eigenvalue weighted by Crippen LogP contribution is 2.18. The van der Waals surface area contributed by atoms with E-state index in [0.717, 1.165) is 32.8 Å². The van der Waals surface area contributed by atoms with Crippen LogP contribution < -0.4 is 5.32 Å². The van der Waals surface area contributed by atoms with E-state index in [4.69, 9.17) is 4.74 Å². The molecule has 1 aliphatic rings. The highest BCUT2D eigenvalue weighted by Gasteiger charge is 2.26. The first kappa shape index (κ1) is 13.7. The van der Waals surface area contributed by atoms with Crippen LogP contribution in [0, 0.1) is 0 Å². The van der Waals surface area contributed by atoms with Gasteiger partial charge in [0.15, 0.2) is 0 Å². The Bertz CT molecular complexity index is 193. The van der Waals surface area contributed by atoms with Crippen LogP contribution >= 0.6 is 0 Å². The van der Waals surface area contributed by atoms with Crippen LogP contribution in [0.3, 0.4) is 0 Å². The lowest BCUT2D eigenvalue weighted by molar-refractivity contribution is -0.133. The third-order valence-corrected chi connectivity index (χ3v) is 2.54. The van der Waals surface area contributed by atoms with Gasteiger partial charge >= 0.3 is 6.18 Å². The van der Waals surface area contributed by atoms with Crippen LogP contribution in [0.1, 0.15) is 13.3 Å². The fourth-order valence-corrected chi connectivity index (χ4v) is 1.70. The van der Waals surface area contributed by atoms with Gasteiger partial charge < -0.3 is 10.1 Å². The first-order valence-electron chi connectivity index (χ1n) is 5.57. The van der Waals surface area contributed by atoms with E-state index in [1.807, 2.05) is 6.92 Å². The zero-order valence-corrected chi connectivity index (χ0v) is 9.52. The summed E-state index contributed by atoms with van der Waals surface area (Å²) in [7, 11) is 0. The first-order chi connectivity index (χ1) is 7.47. The van der Waals surface area contributed by atoms with Gasteiger partial charge in [0.25, 0.3) is 0 Å². The van der Waals surface area contributed by atoms with E-state index in [1.54, 1.807) is 0 Å². The topological polar surface area (TPSA) is 24.5 Å². The maximum absolute atomic E-state index is 11.9. The van der Waals surface area contributed by atoms with E-state index < -0.39 is 12.6 Å². The van der Waals surface area contributed by atoms with Gasteiger partial charge in [-0.15, -0.1) is 0 Å². The summed E-state index contributed by atoms with van der Waals surface area (Å²) in [6, 6.07) is 0.0837. The monoisotopic (exact) mass is 240 g/mol. The van der Waals surface area contributed by atoms with Crippen LogP contribution in [0.5, 0.6) is 0 Å². The number of ether oxygens (including phenoxy) is 1. The summed E-state index contributed by atoms with van der Waals surface area (Å²) in [6.45, 7) is 5.85. The molecule has 0 saturated carbocycles. The zero-order chi connectivity index (χ0) is 12.0. The van der Waals surface area contributed by atoms with Crippen molar-refractivity contribution in [3.8, 4) is 0 Å². The molecule has 0 aromatic carbocycles. The van der Waals surface area contributed by atoms with Gasteiger partial charge in [-0.2, -0.15) is 13.2 Å².